The van der Waals surface area contributed by atoms with E-state index in [9.17, 15) is 9.59 Å². The SMILES string of the molecule is CC1=CC(C)(C)N(C)c2ccc(/C=C3\C(=O)NC(=S)N(c4cccc(C)c4C)C3=O)cc21. The van der Waals surface area contributed by atoms with Gasteiger partial charge in [0.05, 0.1) is 11.2 Å². The van der Waals surface area contributed by atoms with E-state index in [0.29, 0.717) is 5.69 Å². The number of hydrogen-bond acceptors (Lipinski definition) is 4. The Morgan fingerprint density at radius 3 is 2.47 bits per heavy atom. The fraction of sp³-hybridized carbons (Fsp3) is 0.269. The Morgan fingerprint density at radius 1 is 1.03 bits per heavy atom. The number of rotatable bonds is 2. The summed E-state index contributed by atoms with van der Waals surface area (Å²) in [6.07, 6.45) is 3.87. The quantitative estimate of drug-likeness (QED) is 0.411. The van der Waals surface area contributed by atoms with Gasteiger partial charge in [-0.2, -0.15) is 0 Å². The van der Waals surface area contributed by atoms with Gasteiger partial charge < -0.3 is 4.90 Å². The highest BCUT2D eigenvalue weighted by molar-refractivity contribution is 7.80. The monoisotopic (exact) mass is 445 g/mol. The van der Waals surface area contributed by atoms with Crippen molar-refractivity contribution in [3.8, 4) is 0 Å². The lowest BCUT2D eigenvalue weighted by Gasteiger charge is -2.40. The predicted octanol–water partition coefficient (Wildman–Crippen LogP) is 4.77. The van der Waals surface area contributed by atoms with Crippen LogP contribution in [0.5, 0.6) is 0 Å². The van der Waals surface area contributed by atoms with Gasteiger partial charge in [0.25, 0.3) is 11.8 Å². The molecule has 164 valence electrons. The first-order chi connectivity index (χ1) is 15.0. The maximum absolute atomic E-state index is 13.4. The van der Waals surface area contributed by atoms with Crippen LogP contribution in [0.2, 0.25) is 0 Å². The lowest BCUT2D eigenvalue weighted by Crippen LogP contribution is -2.54. The van der Waals surface area contributed by atoms with Crippen LogP contribution in [0.4, 0.5) is 11.4 Å². The molecular formula is C26H27N3O2S. The molecule has 2 aromatic rings. The number of amides is 2. The average Bonchev–Trinajstić information content (AvgIpc) is 2.72. The van der Waals surface area contributed by atoms with Gasteiger partial charge >= 0.3 is 0 Å². The molecule has 5 nitrogen and oxygen atoms in total. The smallest absolute Gasteiger partial charge is 0.270 e. The molecule has 0 radical (unpaired) electrons. The molecule has 6 heteroatoms. The number of benzene rings is 2. The zero-order chi connectivity index (χ0) is 23.4. The maximum Gasteiger partial charge on any atom is 0.270 e. The van der Waals surface area contributed by atoms with Gasteiger partial charge in [0, 0.05) is 18.3 Å². The van der Waals surface area contributed by atoms with Crippen molar-refractivity contribution >= 4 is 52.2 Å². The lowest BCUT2D eigenvalue weighted by molar-refractivity contribution is -0.122. The molecule has 2 aromatic carbocycles. The van der Waals surface area contributed by atoms with Crippen LogP contribution in [0.1, 0.15) is 43.0 Å². The van der Waals surface area contributed by atoms with Crippen molar-refractivity contribution in [3.05, 3.63) is 70.3 Å². The van der Waals surface area contributed by atoms with Crippen molar-refractivity contribution < 1.29 is 9.59 Å². The number of likely N-dealkylation sites (N-methyl/N-ethyl adjacent to an activating group) is 1. The molecule has 0 aliphatic carbocycles. The minimum Gasteiger partial charge on any atom is -0.366 e. The second-order valence-electron chi connectivity index (χ2n) is 8.99. The van der Waals surface area contributed by atoms with E-state index in [4.69, 9.17) is 12.2 Å². The van der Waals surface area contributed by atoms with Crippen LogP contribution in [0.25, 0.3) is 11.6 Å². The molecule has 2 amide bonds. The van der Waals surface area contributed by atoms with Crippen molar-refractivity contribution in [3.63, 3.8) is 0 Å². The summed E-state index contributed by atoms with van der Waals surface area (Å²) in [4.78, 5) is 29.7. The maximum atomic E-state index is 13.4. The molecule has 0 saturated carbocycles. The molecule has 2 heterocycles. The molecular weight excluding hydrogens is 418 g/mol. The van der Waals surface area contributed by atoms with Crippen molar-refractivity contribution in [2.24, 2.45) is 0 Å². The van der Waals surface area contributed by atoms with Crippen LogP contribution < -0.4 is 15.1 Å². The summed E-state index contributed by atoms with van der Waals surface area (Å²) in [5.41, 5.74) is 6.81. The summed E-state index contributed by atoms with van der Waals surface area (Å²) in [5, 5.41) is 2.77. The Bertz CT molecular complexity index is 1240. The van der Waals surface area contributed by atoms with Crippen LogP contribution in [-0.2, 0) is 9.59 Å². The molecule has 1 saturated heterocycles. The first-order valence-corrected chi connectivity index (χ1v) is 11.0. The Hall–Kier alpha value is -3.25. The molecule has 0 spiro atoms. The highest BCUT2D eigenvalue weighted by atomic mass is 32.1. The average molecular weight is 446 g/mol. The normalized spacial score (nSPS) is 19.1. The number of hydrogen-bond donors (Lipinski definition) is 1. The number of nitrogens with zero attached hydrogens (tertiary/aromatic N) is 2. The van der Waals surface area contributed by atoms with Crippen LogP contribution in [0, 0.1) is 13.8 Å². The van der Waals surface area contributed by atoms with E-state index >= 15 is 0 Å². The topological polar surface area (TPSA) is 52.7 Å². The van der Waals surface area contributed by atoms with E-state index < -0.39 is 11.8 Å². The van der Waals surface area contributed by atoms with Gasteiger partial charge in [0.2, 0.25) is 0 Å². The largest absolute Gasteiger partial charge is 0.366 e. The third-order valence-electron chi connectivity index (χ3n) is 6.47. The third-order valence-corrected chi connectivity index (χ3v) is 6.76. The van der Waals surface area contributed by atoms with Crippen LogP contribution in [0.3, 0.4) is 0 Å². The van der Waals surface area contributed by atoms with E-state index in [2.05, 4.69) is 44.1 Å². The van der Waals surface area contributed by atoms with Crippen molar-refractivity contribution in [2.45, 2.75) is 40.2 Å². The first-order valence-electron chi connectivity index (χ1n) is 10.6. The number of aryl methyl sites for hydroxylation is 1. The summed E-state index contributed by atoms with van der Waals surface area (Å²) >= 11 is 5.35. The first kappa shape index (κ1) is 22.0. The van der Waals surface area contributed by atoms with E-state index in [1.807, 2.05) is 50.2 Å². The van der Waals surface area contributed by atoms with Gasteiger partial charge in [0.1, 0.15) is 5.57 Å². The second-order valence-corrected chi connectivity index (χ2v) is 9.38. The van der Waals surface area contributed by atoms with Crippen molar-refractivity contribution in [2.75, 3.05) is 16.8 Å². The van der Waals surface area contributed by atoms with Gasteiger partial charge in [-0.1, -0.05) is 24.3 Å². The molecule has 0 bridgehead atoms. The summed E-state index contributed by atoms with van der Waals surface area (Å²) < 4.78 is 0. The van der Waals surface area contributed by atoms with Gasteiger partial charge in [-0.05, 0) is 93.4 Å². The summed E-state index contributed by atoms with van der Waals surface area (Å²) in [6.45, 7) is 10.4. The minimum atomic E-state index is -0.482. The number of thiocarbonyl (C=S) groups is 1. The molecule has 2 aliphatic heterocycles. The highest BCUT2D eigenvalue weighted by Gasteiger charge is 2.35. The van der Waals surface area contributed by atoms with Crippen LogP contribution in [0.15, 0.2) is 48.0 Å². The molecule has 0 unspecified atom stereocenters. The fourth-order valence-electron chi connectivity index (χ4n) is 4.29. The van der Waals surface area contributed by atoms with Crippen LogP contribution >= 0.6 is 12.2 Å². The van der Waals surface area contributed by atoms with Crippen molar-refractivity contribution in [1.29, 1.82) is 0 Å². The highest BCUT2D eigenvalue weighted by Crippen LogP contribution is 2.38. The standard InChI is InChI=1S/C26H27N3O2S/c1-15-8-7-9-21(17(15)3)29-24(31)20(23(30)27-25(29)32)13-18-10-11-22-19(12-18)16(2)14-26(4,5)28(22)6/h7-14H,1-6H3,(H,27,30,32)/b20-13+. The predicted molar refractivity (Wildman–Crippen MR) is 135 cm³/mol. The van der Waals surface area contributed by atoms with Gasteiger partial charge in [-0.25, -0.2) is 0 Å². The van der Waals surface area contributed by atoms with Gasteiger partial charge in [0.15, 0.2) is 5.11 Å². The molecule has 32 heavy (non-hydrogen) atoms. The number of nitrogens with one attached hydrogen (secondary N) is 1. The zero-order valence-electron chi connectivity index (χ0n) is 19.2. The molecule has 4 rings (SSSR count). The third kappa shape index (κ3) is 3.54. The van der Waals surface area contributed by atoms with Crippen molar-refractivity contribution in [1.82, 2.24) is 5.32 Å². The fourth-order valence-corrected chi connectivity index (χ4v) is 4.56. The Labute approximate surface area is 194 Å². The Morgan fingerprint density at radius 2 is 1.75 bits per heavy atom. The van der Waals surface area contributed by atoms with Gasteiger partial charge in [-0.15, -0.1) is 0 Å². The van der Waals surface area contributed by atoms with E-state index in [0.717, 1.165) is 27.9 Å². The lowest BCUT2D eigenvalue weighted by atomic mass is 9.88. The summed E-state index contributed by atoms with van der Waals surface area (Å²) in [6, 6.07) is 11.7. The van der Waals surface area contributed by atoms with E-state index in [1.165, 1.54) is 10.5 Å². The van der Waals surface area contributed by atoms with Crippen LogP contribution in [-0.4, -0.2) is 29.5 Å². The molecule has 0 aromatic heterocycles. The minimum absolute atomic E-state index is 0.0607. The van der Waals surface area contributed by atoms with Gasteiger partial charge in [-0.3, -0.25) is 19.8 Å². The van der Waals surface area contributed by atoms with E-state index in [-0.39, 0.29) is 16.2 Å². The molecule has 0 atom stereocenters. The Kier molecular flexibility index (Phi) is 5.29. The summed E-state index contributed by atoms with van der Waals surface area (Å²) in [7, 11) is 2.07. The second kappa shape index (κ2) is 7.71. The number of anilines is 2. The molecule has 1 N–H and O–H groups in total. The number of fused-ring (bicyclic) bond motifs is 1. The Balaban J connectivity index is 1.76. The summed E-state index contributed by atoms with van der Waals surface area (Å²) in [5.74, 6) is -0.902. The zero-order valence-corrected chi connectivity index (χ0v) is 20.1. The number of carbonyl (C=O) groups excluding carboxylic acids is 2. The molecule has 2 aliphatic rings. The molecule has 1 fully saturated rings. The number of allylic oxidation sites excluding steroid dienone is 1. The van der Waals surface area contributed by atoms with E-state index in [1.54, 1.807) is 6.08 Å². The number of carbonyl (C=O) groups is 2.